The largest absolute Gasteiger partial charge is 0.312 e. The summed E-state index contributed by atoms with van der Waals surface area (Å²) in [4.78, 5) is 26.4. The van der Waals surface area contributed by atoms with Gasteiger partial charge in [-0.3, -0.25) is 14.9 Å². The van der Waals surface area contributed by atoms with Crippen molar-refractivity contribution in [3.8, 4) is 0 Å². The summed E-state index contributed by atoms with van der Waals surface area (Å²) < 4.78 is 13.7. The summed E-state index contributed by atoms with van der Waals surface area (Å²) in [5.74, 6) is -1.24. The summed E-state index contributed by atoms with van der Waals surface area (Å²) in [6, 6.07) is 13.5. The van der Waals surface area contributed by atoms with Crippen LogP contribution < -0.4 is 10.2 Å². The Morgan fingerprint density at radius 2 is 2.04 bits per heavy atom. The van der Waals surface area contributed by atoms with Gasteiger partial charge in [0, 0.05) is 24.6 Å². The SMILES string of the molecule is Cc1cccc(N2CC(c3nnc(NC(=O)c4ccccc4F)s3)CC2=O)c1. The van der Waals surface area contributed by atoms with Crippen LogP contribution >= 0.6 is 11.3 Å². The average molecular weight is 396 g/mol. The van der Waals surface area contributed by atoms with Crippen LogP contribution in [0, 0.1) is 12.7 Å². The Kier molecular flexibility index (Phi) is 4.87. The maximum atomic E-state index is 13.7. The minimum atomic E-state index is -0.597. The molecule has 1 atom stereocenters. The lowest BCUT2D eigenvalue weighted by molar-refractivity contribution is -0.117. The number of aromatic nitrogens is 2. The van der Waals surface area contributed by atoms with Crippen LogP contribution in [0.15, 0.2) is 48.5 Å². The average Bonchev–Trinajstić information content (AvgIpc) is 3.28. The molecule has 0 aliphatic carbocycles. The Hall–Kier alpha value is -3.13. The minimum Gasteiger partial charge on any atom is -0.312 e. The van der Waals surface area contributed by atoms with Gasteiger partial charge in [0.25, 0.3) is 5.91 Å². The minimum absolute atomic E-state index is 0.0303. The van der Waals surface area contributed by atoms with Gasteiger partial charge >= 0.3 is 0 Å². The van der Waals surface area contributed by atoms with Gasteiger partial charge in [-0.15, -0.1) is 10.2 Å². The Labute approximate surface area is 165 Å². The summed E-state index contributed by atoms with van der Waals surface area (Å²) in [5.41, 5.74) is 1.90. The first-order chi connectivity index (χ1) is 13.5. The summed E-state index contributed by atoms with van der Waals surface area (Å²) in [5, 5.41) is 11.6. The van der Waals surface area contributed by atoms with Gasteiger partial charge in [0.15, 0.2) is 0 Å². The summed E-state index contributed by atoms with van der Waals surface area (Å²) >= 11 is 1.21. The molecule has 3 aromatic rings. The second-order valence-corrected chi connectivity index (χ2v) is 7.63. The summed E-state index contributed by atoms with van der Waals surface area (Å²) in [6.45, 7) is 2.50. The topological polar surface area (TPSA) is 75.2 Å². The van der Waals surface area contributed by atoms with Gasteiger partial charge < -0.3 is 4.90 Å². The van der Waals surface area contributed by atoms with Crippen molar-refractivity contribution >= 4 is 34.0 Å². The van der Waals surface area contributed by atoms with E-state index in [9.17, 15) is 14.0 Å². The quantitative estimate of drug-likeness (QED) is 0.729. The van der Waals surface area contributed by atoms with E-state index in [0.29, 0.717) is 18.0 Å². The molecule has 0 spiro atoms. The number of halogens is 1. The van der Waals surface area contributed by atoms with E-state index in [1.807, 2.05) is 31.2 Å². The third-order valence-corrected chi connectivity index (χ3v) is 5.57. The van der Waals surface area contributed by atoms with E-state index < -0.39 is 11.7 Å². The third-order valence-electron chi connectivity index (χ3n) is 4.57. The molecule has 1 saturated heterocycles. The maximum Gasteiger partial charge on any atom is 0.260 e. The number of nitrogens with one attached hydrogen (secondary N) is 1. The third kappa shape index (κ3) is 3.63. The van der Waals surface area contributed by atoms with Crippen molar-refractivity contribution in [2.45, 2.75) is 19.3 Å². The fraction of sp³-hybridized carbons (Fsp3) is 0.200. The number of nitrogens with zero attached hydrogens (tertiary/aromatic N) is 3. The van der Waals surface area contributed by atoms with Crippen molar-refractivity contribution in [2.24, 2.45) is 0 Å². The molecular weight excluding hydrogens is 379 g/mol. The summed E-state index contributed by atoms with van der Waals surface area (Å²) in [6.07, 6.45) is 0.337. The first-order valence-corrected chi connectivity index (χ1v) is 9.59. The molecule has 1 aliphatic rings. The zero-order valence-electron chi connectivity index (χ0n) is 15.1. The van der Waals surface area contributed by atoms with E-state index in [2.05, 4.69) is 15.5 Å². The molecule has 1 aromatic heterocycles. The molecule has 1 N–H and O–H groups in total. The highest BCUT2D eigenvalue weighted by Gasteiger charge is 2.34. The van der Waals surface area contributed by atoms with Gasteiger partial charge in [0.1, 0.15) is 10.8 Å². The molecule has 1 unspecified atom stereocenters. The zero-order valence-corrected chi connectivity index (χ0v) is 15.9. The number of benzene rings is 2. The molecule has 1 aliphatic heterocycles. The fourth-order valence-corrected chi connectivity index (χ4v) is 4.01. The van der Waals surface area contributed by atoms with Gasteiger partial charge in [-0.1, -0.05) is 35.6 Å². The van der Waals surface area contributed by atoms with Crippen LogP contribution in [0.25, 0.3) is 0 Å². The number of aryl methyl sites for hydroxylation is 1. The Bertz CT molecular complexity index is 1050. The van der Waals surface area contributed by atoms with E-state index >= 15 is 0 Å². The molecule has 0 saturated carbocycles. The van der Waals surface area contributed by atoms with Crippen LogP contribution in [0.5, 0.6) is 0 Å². The van der Waals surface area contributed by atoms with Crippen LogP contribution in [0.2, 0.25) is 0 Å². The Morgan fingerprint density at radius 3 is 2.82 bits per heavy atom. The second kappa shape index (κ2) is 7.47. The smallest absolute Gasteiger partial charge is 0.260 e. The fourth-order valence-electron chi connectivity index (χ4n) is 3.18. The van der Waals surface area contributed by atoms with E-state index in [1.54, 1.807) is 11.0 Å². The monoisotopic (exact) mass is 396 g/mol. The maximum absolute atomic E-state index is 13.7. The molecular formula is C20H17FN4O2S. The van der Waals surface area contributed by atoms with Gasteiger partial charge in [0.05, 0.1) is 5.56 Å². The molecule has 28 heavy (non-hydrogen) atoms. The number of carbonyl (C=O) groups is 2. The highest BCUT2D eigenvalue weighted by Crippen LogP contribution is 2.34. The molecule has 8 heteroatoms. The predicted octanol–water partition coefficient (Wildman–Crippen LogP) is 3.76. The number of anilines is 2. The van der Waals surface area contributed by atoms with Crippen LogP contribution in [0.4, 0.5) is 15.2 Å². The molecule has 2 heterocycles. The van der Waals surface area contributed by atoms with Crippen molar-refractivity contribution in [3.05, 3.63) is 70.5 Å². The molecule has 6 nitrogen and oxygen atoms in total. The van der Waals surface area contributed by atoms with Gasteiger partial charge in [-0.25, -0.2) is 4.39 Å². The van der Waals surface area contributed by atoms with Gasteiger partial charge in [-0.2, -0.15) is 0 Å². The lowest BCUT2D eigenvalue weighted by Gasteiger charge is -2.16. The first kappa shape index (κ1) is 18.2. The van der Waals surface area contributed by atoms with E-state index in [0.717, 1.165) is 11.3 Å². The van der Waals surface area contributed by atoms with Crippen LogP contribution in [-0.2, 0) is 4.79 Å². The van der Waals surface area contributed by atoms with Crippen LogP contribution in [-0.4, -0.2) is 28.6 Å². The predicted molar refractivity (Wildman–Crippen MR) is 105 cm³/mol. The molecule has 142 valence electrons. The Morgan fingerprint density at radius 1 is 1.21 bits per heavy atom. The molecule has 0 bridgehead atoms. The lowest BCUT2D eigenvalue weighted by Crippen LogP contribution is -2.24. The first-order valence-electron chi connectivity index (χ1n) is 8.77. The Balaban J connectivity index is 1.47. The van der Waals surface area contributed by atoms with E-state index in [4.69, 9.17) is 0 Å². The molecule has 2 amide bonds. The normalized spacial score (nSPS) is 16.4. The van der Waals surface area contributed by atoms with Crippen LogP contribution in [0.1, 0.15) is 33.3 Å². The number of amides is 2. The molecule has 1 fully saturated rings. The van der Waals surface area contributed by atoms with Gasteiger partial charge in [-0.05, 0) is 36.8 Å². The van der Waals surface area contributed by atoms with Gasteiger partial charge in [0.2, 0.25) is 11.0 Å². The van der Waals surface area contributed by atoms with Crippen molar-refractivity contribution in [2.75, 3.05) is 16.8 Å². The van der Waals surface area contributed by atoms with Crippen molar-refractivity contribution < 1.29 is 14.0 Å². The second-order valence-electron chi connectivity index (χ2n) is 6.62. The number of hydrogen-bond acceptors (Lipinski definition) is 5. The number of rotatable bonds is 4. The van der Waals surface area contributed by atoms with Crippen LogP contribution in [0.3, 0.4) is 0 Å². The molecule has 4 rings (SSSR count). The lowest BCUT2D eigenvalue weighted by atomic mass is 10.1. The molecule has 2 aromatic carbocycles. The standard InChI is InChI=1S/C20H17FN4O2S/c1-12-5-4-6-14(9-12)25-11-13(10-17(25)26)19-23-24-20(28-19)22-18(27)15-7-2-3-8-16(15)21/h2-9,13H,10-11H2,1H3,(H,22,24,27). The van der Waals surface area contributed by atoms with E-state index in [1.165, 1.54) is 29.5 Å². The van der Waals surface area contributed by atoms with E-state index in [-0.39, 0.29) is 22.5 Å². The van der Waals surface area contributed by atoms with Crippen molar-refractivity contribution in [3.63, 3.8) is 0 Å². The van der Waals surface area contributed by atoms with Crippen molar-refractivity contribution in [1.82, 2.24) is 10.2 Å². The highest BCUT2D eigenvalue weighted by molar-refractivity contribution is 7.15. The summed E-state index contributed by atoms with van der Waals surface area (Å²) in [7, 11) is 0. The van der Waals surface area contributed by atoms with Crippen molar-refractivity contribution in [1.29, 1.82) is 0 Å². The highest BCUT2D eigenvalue weighted by atomic mass is 32.1. The number of hydrogen-bond donors (Lipinski definition) is 1. The zero-order chi connectivity index (χ0) is 19.7. The number of carbonyl (C=O) groups excluding carboxylic acids is 2. The molecule has 0 radical (unpaired) electrons.